The topological polar surface area (TPSA) is 22.1 Å². The van der Waals surface area contributed by atoms with E-state index in [0.717, 1.165) is 18.3 Å². The molecule has 2 aliphatic heterocycles. The van der Waals surface area contributed by atoms with Gasteiger partial charge in [-0.3, -0.25) is 4.90 Å². The van der Waals surface area contributed by atoms with Crippen molar-refractivity contribution in [1.29, 1.82) is 0 Å². The Kier molecular flexibility index (Phi) is 5.45. The van der Waals surface area contributed by atoms with Crippen LogP contribution in [-0.2, 0) is 0 Å². The third-order valence-electron chi connectivity index (χ3n) is 4.18. The third-order valence-corrected chi connectivity index (χ3v) is 6.73. The predicted molar refractivity (Wildman–Crippen MR) is 87.6 cm³/mol. The minimum Gasteiger partial charge on any atom is -0.357 e. The molecule has 0 aromatic rings. The highest BCUT2D eigenvalue weighted by Gasteiger charge is 2.29. The van der Waals surface area contributed by atoms with Crippen LogP contribution in [-0.4, -0.2) is 71.7 Å². The van der Waals surface area contributed by atoms with Crippen molar-refractivity contribution in [3.8, 4) is 0 Å². The van der Waals surface area contributed by atoms with E-state index in [-0.39, 0.29) is 0 Å². The van der Waals surface area contributed by atoms with Gasteiger partial charge in [-0.05, 0) is 55.3 Å². The van der Waals surface area contributed by atoms with Gasteiger partial charge in [-0.15, -0.1) is 0 Å². The molecule has 0 amide bonds. The van der Waals surface area contributed by atoms with Crippen LogP contribution in [0, 0.1) is 0 Å². The Morgan fingerprint density at radius 3 is 2.21 bits per heavy atom. The second-order valence-electron chi connectivity index (χ2n) is 5.79. The standard InChI is InChI=1S/C13H26N4S2/c1-10-6-8-17(9-7-11(2)16(10)5)13-14-12(15(3)4)18-19-13/h10-11,13H,6-9H2,1-5H3. The van der Waals surface area contributed by atoms with E-state index in [0.29, 0.717) is 17.6 Å². The van der Waals surface area contributed by atoms with Gasteiger partial charge in [0, 0.05) is 39.3 Å². The molecule has 0 aliphatic carbocycles. The van der Waals surface area contributed by atoms with Crippen molar-refractivity contribution in [2.45, 2.75) is 44.3 Å². The van der Waals surface area contributed by atoms with Crippen molar-refractivity contribution in [2.24, 2.45) is 4.99 Å². The molecular weight excluding hydrogens is 276 g/mol. The van der Waals surface area contributed by atoms with Gasteiger partial charge in [0.15, 0.2) is 10.7 Å². The number of nitrogens with zero attached hydrogens (tertiary/aromatic N) is 4. The summed E-state index contributed by atoms with van der Waals surface area (Å²) in [5.41, 5.74) is 0.310. The number of amidine groups is 1. The molecule has 2 aliphatic rings. The van der Waals surface area contributed by atoms with Crippen LogP contribution >= 0.6 is 21.6 Å². The third kappa shape index (κ3) is 3.80. The SMILES string of the molecule is CC1CCN(C2N=C(N(C)C)SS2)CCC(C)N1C. The Bertz CT molecular complexity index is 321. The minimum atomic E-state index is 0.310. The molecule has 19 heavy (non-hydrogen) atoms. The molecule has 2 heterocycles. The number of hydrogen-bond donors (Lipinski definition) is 0. The molecule has 1 saturated heterocycles. The molecule has 3 atom stereocenters. The molecule has 0 aromatic carbocycles. The zero-order valence-electron chi connectivity index (χ0n) is 12.7. The van der Waals surface area contributed by atoms with Crippen LogP contribution in [0.4, 0.5) is 0 Å². The van der Waals surface area contributed by atoms with Crippen molar-refractivity contribution < 1.29 is 0 Å². The highest BCUT2D eigenvalue weighted by Crippen LogP contribution is 2.39. The van der Waals surface area contributed by atoms with Gasteiger partial charge in [0.2, 0.25) is 0 Å². The summed E-state index contributed by atoms with van der Waals surface area (Å²) in [6.45, 7) is 6.98. The number of aliphatic imine (C=N–C) groups is 1. The smallest absolute Gasteiger partial charge is 0.172 e. The first-order valence-electron chi connectivity index (χ1n) is 7.03. The van der Waals surface area contributed by atoms with Gasteiger partial charge in [0.25, 0.3) is 0 Å². The van der Waals surface area contributed by atoms with Gasteiger partial charge >= 0.3 is 0 Å². The molecule has 3 unspecified atom stereocenters. The Labute approximate surface area is 125 Å². The van der Waals surface area contributed by atoms with Crippen molar-refractivity contribution in [2.75, 3.05) is 34.2 Å². The fraction of sp³-hybridized carbons (Fsp3) is 0.923. The van der Waals surface area contributed by atoms with Crippen molar-refractivity contribution in [3.05, 3.63) is 0 Å². The zero-order chi connectivity index (χ0) is 14.0. The largest absolute Gasteiger partial charge is 0.357 e. The molecule has 0 bridgehead atoms. The van der Waals surface area contributed by atoms with Crippen LogP contribution < -0.4 is 0 Å². The Morgan fingerprint density at radius 1 is 1.16 bits per heavy atom. The molecule has 0 N–H and O–H groups in total. The lowest BCUT2D eigenvalue weighted by Gasteiger charge is -2.37. The van der Waals surface area contributed by atoms with Gasteiger partial charge in [-0.25, -0.2) is 4.99 Å². The lowest BCUT2D eigenvalue weighted by atomic mass is 10.1. The average Bonchev–Trinajstić information content (AvgIpc) is 2.85. The Hall–Kier alpha value is 0.0900. The summed E-state index contributed by atoms with van der Waals surface area (Å²) in [7, 11) is 10.1. The van der Waals surface area contributed by atoms with Crippen LogP contribution in [0.25, 0.3) is 0 Å². The molecule has 0 radical (unpaired) electrons. The van der Waals surface area contributed by atoms with E-state index in [9.17, 15) is 0 Å². The van der Waals surface area contributed by atoms with Crippen molar-refractivity contribution in [3.63, 3.8) is 0 Å². The Balaban J connectivity index is 1.98. The van der Waals surface area contributed by atoms with Crippen molar-refractivity contribution >= 4 is 26.8 Å². The minimum absolute atomic E-state index is 0.310. The van der Waals surface area contributed by atoms with E-state index < -0.39 is 0 Å². The summed E-state index contributed by atoms with van der Waals surface area (Å²) < 4.78 is 0. The van der Waals surface area contributed by atoms with Crippen LogP contribution in [0.2, 0.25) is 0 Å². The highest BCUT2D eigenvalue weighted by molar-refractivity contribution is 8.82. The van der Waals surface area contributed by atoms with E-state index in [2.05, 4.69) is 49.7 Å². The lowest BCUT2D eigenvalue weighted by molar-refractivity contribution is 0.115. The molecule has 4 nitrogen and oxygen atoms in total. The van der Waals surface area contributed by atoms with Crippen LogP contribution in [0.3, 0.4) is 0 Å². The first-order valence-corrected chi connectivity index (χ1v) is 9.24. The first-order chi connectivity index (χ1) is 8.99. The first kappa shape index (κ1) is 15.5. The maximum Gasteiger partial charge on any atom is 0.172 e. The number of rotatable bonds is 1. The predicted octanol–water partition coefficient (Wildman–Crippen LogP) is 2.39. The summed E-state index contributed by atoms with van der Waals surface area (Å²) >= 11 is 0. The van der Waals surface area contributed by atoms with E-state index in [4.69, 9.17) is 4.99 Å². The van der Waals surface area contributed by atoms with Crippen LogP contribution in [0.5, 0.6) is 0 Å². The quantitative estimate of drug-likeness (QED) is 0.692. The van der Waals surface area contributed by atoms with E-state index in [1.54, 1.807) is 10.8 Å². The molecule has 0 saturated carbocycles. The van der Waals surface area contributed by atoms with Gasteiger partial charge in [-0.2, -0.15) is 0 Å². The van der Waals surface area contributed by atoms with Crippen LogP contribution in [0.15, 0.2) is 4.99 Å². The molecule has 0 aromatic heterocycles. The van der Waals surface area contributed by atoms with Gasteiger partial charge in [-0.1, -0.05) is 0 Å². The maximum atomic E-state index is 4.83. The fourth-order valence-electron chi connectivity index (χ4n) is 2.44. The van der Waals surface area contributed by atoms with Crippen molar-refractivity contribution in [1.82, 2.24) is 14.7 Å². The second kappa shape index (κ2) is 6.70. The summed E-state index contributed by atoms with van der Waals surface area (Å²) in [6, 6.07) is 1.32. The molecule has 6 heteroatoms. The summed E-state index contributed by atoms with van der Waals surface area (Å²) in [5, 5.41) is 1.15. The van der Waals surface area contributed by atoms with Gasteiger partial charge < -0.3 is 9.80 Å². The van der Waals surface area contributed by atoms with Gasteiger partial charge in [0.05, 0.1) is 0 Å². The normalized spacial score (nSPS) is 34.8. The molecule has 0 spiro atoms. The number of hydrogen-bond acceptors (Lipinski definition) is 6. The van der Waals surface area contributed by atoms with E-state index >= 15 is 0 Å². The molecule has 1 fully saturated rings. The highest BCUT2D eigenvalue weighted by atomic mass is 33.1. The molecule has 2 rings (SSSR count). The molecule has 110 valence electrons. The Morgan fingerprint density at radius 2 is 1.74 bits per heavy atom. The van der Waals surface area contributed by atoms with E-state index in [1.165, 1.54) is 12.8 Å². The maximum absolute atomic E-state index is 4.83. The molecular formula is C13H26N4S2. The fourth-order valence-corrected chi connectivity index (χ4v) is 5.03. The van der Waals surface area contributed by atoms with Crippen LogP contribution in [0.1, 0.15) is 26.7 Å². The summed E-state index contributed by atoms with van der Waals surface area (Å²) in [4.78, 5) is 12.0. The van der Waals surface area contributed by atoms with E-state index in [1.807, 2.05) is 10.8 Å². The monoisotopic (exact) mass is 302 g/mol. The zero-order valence-corrected chi connectivity index (χ0v) is 14.3. The lowest BCUT2D eigenvalue weighted by Crippen LogP contribution is -2.45. The summed E-state index contributed by atoms with van der Waals surface area (Å²) in [5.74, 6) is 0. The average molecular weight is 303 g/mol. The summed E-state index contributed by atoms with van der Waals surface area (Å²) in [6.07, 6.45) is 2.46. The second-order valence-corrected chi connectivity index (χ2v) is 8.01. The van der Waals surface area contributed by atoms with Gasteiger partial charge in [0.1, 0.15) is 0 Å².